The highest BCUT2D eigenvalue weighted by atomic mass is 19.1. The predicted molar refractivity (Wildman–Crippen MR) is 70.7 cm³/mol. The minimum absolute atomic E-state index is 0.103. The summed E-state index contributed by atoms with van der Waals surface area (Å²) in [5.74, 6) is -1.02. The van der Waals surface area contributed by atoms with Crippen LogP contribution < -0.4 is 11.1 Å². The number of halogens is 1. The number of hydrogen-bond donors (Lipinski definition) is 2. The molecule has 0 saturated carbocycles. The van der Waals surface area contributed by atoms with Gasteiger partial charge < -0.3 is 11.1 Å². The van der Waals surface area contributed by atoms with Crippen molar-refractivity contribution >= 4 is 11.8 Å². The molecule has 0 radical (unpaired) electrons. The third-order valence-corrected chi connectivity index (χ3v) is 2.78. The fourth-order valence-corrected chi connectivity index (χ4v) is 1.76. The number of hydrogen-bond acceptors (Lipinski definition) is 2. The van der Waals surface area contributed by atoms with Gasteiger partial charge in [-0.3, -0.25) is 9.59 Å². The molecule has 19 heavy (non-hydrogen) atoms. The molecule has 0 aliphatic carbocycles. The molecule has 1 rings (SSSR count). The number of nitrogens with two attached hydrogens (primary N) is 1. The smallest absolute Gasteiger partial charge is 0.223 e. The van der Waals surface area contributed by atoms with E-state index in [1.54, 1.807) is 19.1 Å². The fraction of sp³-hybridized carbons (Fsp3) is 0.429. The molecule has 104 valence electrons. The predicted octanol–water partition coefficient (Wildman–Crippen LogP) is 1.39. The van der Waals surface area contributed by atoms with Crippen molar-refractivity contribution in [1.29, 1.82) is 0 Å². The molecule has 0 spiro atoms. The maximum atomic E-state index is 13.0. The lowest BCUT2D eigenvalue weighted by Crippen LogP contribution is -2.31. The zero-order valence-corrected chi connectivity index (χ0v) is 11.0. The van der Waals surface area contributed by atoms with Gasteiger partial charge in [0, 0.05) is 18.9 Å². The molecule has 4 nitrogen and oxygen atoms in total. The highest BCUT2D eigenvalue weighted by Crippen LogP contribution is 2.10. The summed E-state index contributed by atoms with van der Waals surface area (Å²) in [5, 5.41) is 2.73. The van der Waals surface area contributed by atoms with Gasteiger partial charge in [0.25, 0.3) is 0 Å². The molecule has 2 amide bonds. The largest absolute Gasteiger partial charge is 0.370 e. The lowest BCUT2D eigenvalue weighted by atomic mass is 10.0. The SMILES string of the molecule is C[C@@H](Cc1cccc(F)c1)C(=O)NCCCC(N)=O. The van der Waals surface area contributed by atoms with E-state index in [4.69, 9.17) is 5.73 Å². The standard InChI is InChI=1S/C14H19FN2O2/c1-10(8-11-4-2-5-12(15)9-11)14(19)17-7-3-6-13(16)18/h2,4-5,9-10H,3,6-8H2,1H3,(H2,16,18)(H,17,19)/t10-/m0/s1. The highest BCUT2D eigenvalue weighted by Gasteiger charge is 2.13. The summed E-state index contributed by atoms with van der Waals surface area (Å²) in [6.07, 6.45) is 1.28. The van der Waals surface area contributed by atoms with Gasteiger partial charge in [-0.1, -0.05) is 19.1 Å². The van der Waals surface area contributed by atoms with Gasteiger partial charge in [-0.2, -0.15) is 0 Å². The zero-order valence-electron chi connectivity index (χ0n) is 11.0. The molecule has 1 aromatic carbocycles. The summed E-state index contributed by atoms with van der Waals surface area (Å²) >= 11 is 0. The third kappa shape index (κ3) is 5.99. The molecular weight excluding hydrogens is 247 g/mol. The van der Waals surface area contributed by atoms with Crippen molar-refractivity contribution in [2.45, 2.75) is 26.2 Å². The molecular formula is C14H19FN2O2. The summed E-state index contributed by atoms with van der Waals surface area (Å²) < 4.78 is 13.0. The Morgan fingerprint density at radius 2 is 2.16 bits per heavy atom. The number of amides is 2. The first-order valence-corrected chi connectivity index (χ1v) is 6.29. The topological polar surface area (TPSA) is 72.2 Å². The van der Waals surface area contributed by atoms with Crippen LogP contribution in [0.5, 0.6) is 0 Å². The van der Waals surface area contributed by atoms with E-state index in [2.05, 4.69) is 5.32 Å². The van der Waals surface area contributed by atoms with E-state index in [0.29, 0.717) is 19.4 Å². The summed E-state index contributed by atoms with van der Waals surface area (Å²) in [6, 6.07) is 6.22. The van der Waals surface area contributed by atoms with Gasteiger partial charge in [0.15, 0.2) is 0 Å². The Morgan fingerprint density at radius 3 is 2.79 bits per heavy atom. The van der Waals surface area contributed by atoms with Crippen molar-refractivity contribution in [3.63, 3.8) is 0 Å². The molecule has 0 heterocycles. The number of benzene rings is 1. The van der Waals surface area contributed by atoms with Crippen LogP contribution >= 0.6 is 0 Å². The summed E-state index contributed by atoms with van der Waals surface area (Å²) in [6.45, 7) is 2.21. The van der Waals surface area contributed by atoms with E-state index in [1.165, 1.54) is 12.1 Å². The van der Waals surface area contributed by atoms with Crippen LogP contribution in [0.3, 0.4) is 0 Å². The second-order valence-electron chi connectivity index (χ2n) is 4.60. The van der Waals surface area contributed by atoms with Crippen LogP contribution in [0.15, 0.2) is 24.3 Å². The molecule has 0 unspecified atom stereocenters. The number of carbonyl (C=O) groups excluding carboxylic acids is 2. The molecule has 1 atom stereocenters. The van der Waals surface area contributed by atoms with Crippen LogP contribution in [0, 0.1) is 11.7 Å². The van der Waals surface area contributed by atoms with Gasteiger partial charge >= 0.3 is 0 Å². The lowest BCUT2D eigenvalue weighted by Gasteiger charge is -2.12. The number of rotatable bonds is 7. The van der Waals surface area contributed by atoms with Crippen molar-refractivity contribution in [2.75, 3.05) is 6.54 Å². The van der Waals surface area contributed by atoms with Gasteiger partial charge in [-0.25, -0.2) is 4.39 Å². The molecule has 0 aliphatic rings. The normalized spacial score (nSPS) is 11.9. The van der Waals surface area contributed by atoms with Gasteiger partial charge in [-0.05, 0) is 30.5 Å². The van der Waals surface area contributed by atoms with E-state index in [1.807, 2.05) is 0 Å². The molecule has 0 aliphatic heterocycles. The van der Waals surface area contributed by atoms with E-state index >= 15 is 0 Å². The first-order valence-electron chi connectivity index (χ1n) is 6.29. The lowest BCUT2D eigenvalue weighted by molar-refractivity contribution is -0.124. The van der Waals surface area contributed by atoms with Crippen LogP contribution in [0.1, 0.15) is 25.3 Å². The van der Waals surface area contributed by atoms with Crippen LogP contribution in [0.4, 0.5) is 4.39 Å². The summed E-state index contributed by atoms with van der Waals surface area (Å²) in [4.78, 5) is 22.3. The Labute approximate surface area is 112 Å². The number of primary amides is 1. The fourth-order valence-electron chi connectivity index (χ4n) is 1.76. The number of nitrogens with one attached hydrogen (secondary N) is 1. The third-order valence-electron chi connectivity index (χ3n) is 2.78. The molecule has 0 aromatic heterocycles. The van der Waals surface area contributed by atoms with E-state index in [-0.39, 0.29) is 30.0 Å². The minimum Gasteiger partial charge on any atom is -0.370 e. The Kier molecular flexibility index (Phi) is 5.99. The van der Waals surface area contributed by atoms with Gasteiger partial charge in [0.2, 0.25) is 11.8 Å². The Bertz CT molecular complexity index is 449. The monoisotopic (exact) mass is 266 g/mol. The van der Waals surface area contributed by atoms with Gasteiger partial charge in [0.05, 0.1) is 0 Å². The zero-order chi connectivity index (χ0) is 14.3. The Hall–Kier alpha value is -1.91. The first kappa shape index (κ1) is 15.1. The molecule has 0 bridgehead atoms. The molecule has 0 fully saturated rings. The molecule has 1 aromatic rings. The van der Waals surface area contributed by atoms with Crippen molar-refractivity contribution in [1.82, 2.24) is 5.32 Å². The summed E-state index contributed by atoms with van der Waals surface area (Å²) in [5.41, 5.74) is 5.79. The van der Waals surface area contributed by atoms with Crippen molar-refractivity contribution in [3.05, 3.63) is 35.6 Å². The van der Waals surface area contributed by atoms with Crippen molar-refractivity contribution < 1.29 is 14.0 Å². The van der Waals surface area contributed by atoms with Gasteiger partial charge in [-0.15, -0.1) is 0 Å². The average molecular weight is 266 g/mol. The van der Waals surface area contributed by atoms with Gasteiger partial charge in [0.1, 0.15) is 5.82 Å². The van der Waals surface area contributed by atoms with E-state index in [0.717, 1.165) is 5.56 Å². The summed E-state index contributed by atoms with van der Waals surface area (Å²) in [7, 11) is 0. The van der Waals surface area contributed by atoms with Crippen LogP contribution in [-0.4, -0.2) is 18.4 Å². The van der Waals surface area contributed by atoms with E-state index < -0.39 is 0 Å². The van der Waals surface area contributed by atoms with Crippen LogP contribution in [-0.2, 0) is 16.0 Å². The molecule has 5 heteroatoms. The molecule has 3 N–H and O–H groups in total. The first-order chi connectivity index (χ1) is 8.99. The quantitative estimate of drug-likeness (QED) is 0.732. The Morgan fingerprint density at radius 1 is 1.42 bits per heavy atom. The second kappa shape index (κ2) is 7.51. The molecule has 0 saturated heterocycles. The van der Waals surface area contributed by atoms with Crippen LogP contribution in [0.2, 0.25) is 0 Å². The average Bonchev–Trinajstić information content (AvgIpc) is 2.34. The Balaban J connectivity index is 2.34. The maximum absolute atomic E-state index is 13.0. The van der Waals surface area contributed by atoms with Crippen molar-refractivity contribution in [3.8, 4) is 0 Å². The van der Waals surface area contributed by atoms with Crippen LogP contribution in [0.25, 0.3) is 0 Å². The minimum atomic E-state index is -0.373. The van der Waals surface area contributed by atoms with E-state index in [9.17, 15) is 14.0 Å². The van der Waals surface area contributed by atoms with Crippen molar-refractivity contribution in [2.24, 2.45) is 11.7 Å². The highest BCUT2D eigenvalue weighted by molar-refractivity contribution is 5.78. The second-order valence-corrected chi connectivity index (χ2v) is 4.60. The number of carbonyl (C=O) groups is 2. The maximum Gasteiger partial charge on any atom is 0.223 e.